The molecule has 1 fully saturated rings. The fourth-order valence-corrected chi connectivity index (χ4v) is 3.34. The monoisotopic (exact) mass is 479 g/mol. The van der Waals surface area contributed by atoms with Crippen molar-refractivity contribution < 1.29 is 45.2 Å². The van der Waals surface area contributed by atoms with Crippen LogP contribution in [0, 0.1) is 17.2 Å². The van der Waals surface area contributed by atoms with E-state index in [2.05, 4.69) is 9.17 Å². The van der Waals surface area contributed by atoms with Gasteiger partial charge < -0.3 is 18.9 Å². The average Bonchev–Trinajstić information content (AvgIpc) is 2.56. The quantitative estimate of drug-likeness (QED) is 0.366. The van der Waals surface area contributed by atoms with Gasteiger partial charge in [0.15, 0.2) is 5.82 Å². The lowest BCUT2D eigenvalue weighted by molar-refractivity contribution is -0.160. The molecule has 0 aromatic carbocycles. The van der Waals surface area contributed by atoms with E-state index in [1.54, 1.807) is 26.8 Å². The van der Waals surface area contributed by atoms with Gasteiger partial charge in [-0.1, -0.05) is 6.92 Å². The summed E-state index contributed by atoms with van der Waals surface area (Å²) in [5.74, 6) is -4.60. The van der Waals surface area contributed by atoms with Gasteiger partial charge in [0, 0.05) is 13.1 Å². The number of anilines is 1. The predicted octanol–water partition coefficient (Wildman–Crippen LogP) is 2.22. The molecule has 0 unspecified atom stereocenters. The normalized spacial score (nSPS) is 15.0. The maximum Gasteiger partial charge on any atom is 0.534 e. The van der Waals surface area contributed by atoms with Crippen molar-refractivity contribution in [1.82, 2.24) is 4.98 Å². The molecule has 2 heterocycles. The summed E-state index contributed by atoms with van der Waals surface area (Å²) < 4.78 is 70.6. The van der Waals surface area contributed by atoms with Crippen LogP contribution in [0.25, 0.3) is 0 Å². The fourth-order valence-electron chi connectivity index (χ4n) is 2.91. The third kappa shape index (κ3) is 5.04. The zero-order valence-corrected chi connectivity index (χ0v) is 18.3. The first kappa shape index (κ1) is 25.2. The summed E-state index contributed by atoms with van der Waals surface area (Å²) in [4.78, 5) is 28.8. The highest BCUT2D eigenvalue weighted by Crippen LogP contribution is 2.37. The van der Waals surface area contributed by atoms with Gasteiger partial charge in [-0.15, -0.1) is 0 Å². The molecule has 2 rings (SSSR count). The number of alkyl halides is 3. The summed E-state index contributed by atoms with van der Waals surface area (Å²) in [6.07, 6.45) is -0.147. The van der Waals surface area contributed by atoms with E-state index in [1.165, 1.54) is 11.8 Å². The van der Waals surface area contributed by atoms with E-state index < -0.39 is 50.5 Å². The number of rotatable bonds is 6. The van der Waals surface area contributed by atoms with Crippen LogP contribution in [0.1, 0.15) is 49.2 Å². The summed E-state index contributed by atoms with van der Waals surface area (Å²) in [7, 11) is -6.23. The molecule has 1 aliphatic rings. The number of nitrogens with zero attached hydrogens (tertiary/aromatic N) is 3. The second kappa shape index (κ2) is 8.45. The van der Waals surface area contributed by atoms with Gasteiger partial charge in [0.05, 0.1) is 11.5 Å². The molecule has 0 saturated carbocycles. The summed E-state index contributed by atoms with van der Waals surface area (Å²) in [5.41, 5.74) is -8.07. The molecule has 0 spiro atoms. The van der Waals surface area contributed by atoms with E-state index in [0.717, 1.165) is 0 Å². The molecule has 14 heteroatoms. The number of hydrogen-bond donors (Lipinski definition) is 1. The smallest absolute Gasteiger partial charge is 0.477 e. The Hall–Kier alpha value is -3.08. The topological polar surface area (TPSA) is 147 Å². The van der Waals surface area contributed by atoms with Crippen molar-refractivity contribution in [3.8, 4) is 11.9 Å². The Morgan fingerprint density at radius 1 is 1.28 bits per heavy atom. The largest absolute Gasteiger partial charge is 0.534 e. The third-order valence-corrected chi connectivity index (χ3v) is 5.27. The number of hydrogen-bond acceptors (Lipinski definition) is 9. The van der Waals surface area contributed by atoms with Crippen molar-refractivity contribution in [2.45, 2.75) is 45.2 Å². The minimum atomic E-state index is -6.23. The van der Waals surface area contributed by atoms with Crippen LogP contribution in [0.2, 0.25) is 0 Å². The van der Waals surface area contributed by atoms with Gasteiger partial charge in [0.2, 0.25) is 5.88 Å². The summed E-state index contributed by atoms with van der Waals surface area (Å²) in [5, 5.41) is 19.0. The van der Waals surface area contributed by atoms with Gasteiger partial charge in [0.1, 0.15) is 17.2 Å². The second-order valence-electron chi connectivity index (χ2n) is 7.86. The minimum Gasteiger partial charge on any atom is -0.477 e. The Morgan fingerprint density at radius 2 is 1.84 bits per heavy atom. The van der Waals surface area contributed by atoms with E-state index in [4.69, 9.17) is 4.74 Å². The summed E-state index contributed by atoms with van der Waals surface area (Å²) in [6.45, 7) is 6.36. The molecule has 0 atom stereocenters. The van der Waals surface area contributed by atoms with Crippen LogP contribution in [-0.2, 0) is 26.1 Å². The molecule has 1 aromatic rings. The van der Waals surface area contributed by atoms with E-state index >= 15 is 0 Å². The number of carbonyl (C=O) groups is 2. The number of carboxylic acids is 1. The molecule has 0 amide bonds. The molecule has 1 N–H and O–H groups in total. The standard InChI is InChI=1S/C18H20F3N3O7S/c1-5-10-11(6-22)13(24-7-9(8-24)16(27)30-17(2,3)4)23-14(12(10)15(25)26)31-32(28,29)18(19,20)21/h9H,5,7-8H2,1-4H3,(H,25,26). The van der Waals surface area contributed by atoms with Gasteiger partial charge in [-0.3, -0.25) is 4.79 Å². The maximum absolute atomic E-state index is 12.8. The zero-order chi connectivity index (χ0) is 24.6. The molecule has 1 aromatic heterocycles. The lowest BCUT2D eigenvalue weighted by atomic mass is 9.96. The lowest BCUT2D eigenvalue weighted by Crippen LogP contribution is -2.52. The van der Waals surface area contributed by atoms with Crippen LogP contribution < -0.4 is 9.08 Å². The molecule has 1 aliphatic heterocycles. The van der Waals surface area contributed by atoms with Crippen LogP contribution in [0.15, 0.2) is 0 Å². The van der Waals surface area contributed by atoms with Gasteiger partial charge >= 0.3 is 27.6 Å². The van der Waals surface area contributed by atoms with Crippen LogP contribution in [-0.4, -0.2) is 54.6 Å². The molecular formula is C18H20F3N3O7S. The maximum atomic E-state index is 12.8. The second-order valence-corrected chi connectivity index (χ2v) is 9.40. The van der Waals surface area contributed by atoms with Crippen molar-refractivity contribution in [2.24, 2.45) is 5.92 Å². The molecule has 1 saturated heterocycles. The Labute approximate surface area is 181 Å². The van der Waals surface area contributed by atoms with Crippen molar-refractivity contribution in [1.29, 1.82) is 5.26 Å². The van der Waals surface area contributed by atoms with Crippen molar-refractivity contribution in [3.05, 3.63) is 16.7 Å². The Morgan fingerprint density at radius 3 is 2.25 bits per heavy atom. The van der Waals surface area contributed by atoms with Gasteiger partial charge in [-0.2, -0.15) is 31.8 Å². The highest BCUT2D eigenvalue weighted by Gasteiger charge is 2.50. The van der Waals surface area contributed by atoms with Crippen LogP contribution >= 0.6 is 0 Å². The number of ether oxygens (including phenoxy) is 1. The number of carbonyl (C=O) groups excluding carboxylic acids is 1. The van der Waals surface area contributed by atoms with Gasteiger partial charge in [-0.05, 0) is 32.8 Å². The predicted molar refractivity (Wildman–Crippen MR) is 102 cm³/mol. The first-order valence-corrected chi connectivity index (χ1v) is 10.6. The Balaban J connectivity index is 2.52. The molecule has 10 nitrogen and oxygen atoms in total. The van der Waals surface area contributed by atoms with Crippen molar-refractivity contribution in [2.75, 3.05) is 18.0 Å². The SMILES string of the molecule is CCc1c(C#N)c(N2CC(C(=O)OC(C)(C)C)C2)nc(OS(=O)(=O)C(F)(F)F)c1C(=O)O. The summed E-state index contributed by atoms with van der Waals surface area (Å²) >= 11 is 0. The van der Waals surface area contributed by atoms with Crippen LogP contribution in [0.3, 0.4) is 0 Å². The number of carboxylic acid groups (broad SMARTS) is 1. The van der Waals surface area contributed by atoms with Crippen molar-refractivity contribution in [3.63, 3.8) is 0 Å². The molecule has 176 valence electrons. The third-order valence-electron chi connectivity index (χ3n) is 4.32. The molecule has 0 aliphatic carbocycles. The van der Waals surface area contributed by atoms with Crippen LogP contribution in [0.5, 0.6) is 5.88 Å². The van der Waals surface area contributed by atoms with E-state index in [1.807, 2.05) is 0 Å². The lowest BCUT2D eigenvalue weighted by Gasteiger charge is -2.40. The number of aromatic nitrogens is 1. The fraction of sp³-hybridized carbons (Fsp3) is 0.556. The minimum absolute atomic E-state index is 0.0301. The molecular weight excluding hydrogens is 459 g/mol. The highest BCUT2D eigenvalue weighted by molar-refractivity contribution is 7.88. The van der Waals surface area contributed by atoms with Crippen LogP contribution in [0.4, 0.5) is 19.0 Å². The zero-order valence-electron chi connectivity index (χ0n) is 17.5. The van der Waals surface area contributed by atoms with E-state index in [0.29, 0.717) is 0 Å². The molecule has 0 bridgehead atoms. The number of pyridine rings is 1. The highest BCUT2D eigenvalue weighted by atomic mass is 32.2. The number of halogens is 3. The number of esters is 1. The number of nitriles is 1. The van der Waals surface area contributed by atoms with E-state index in [9.17, 15) is 41.5 Å². The molecule has 0 radical (unpaired) electrons. The van der Waals surface area contributed by atoms with Crippen molar-refractivity contribution >= 4 is 27.9 Å². The molecule has 32 heavy (non-hydrogen) atoms. The summed E-state index contributed by atoms with van der Waals surface area (Å²) in [6, 6.07) is 1.75. The Bertz CT molecular complexity index is 1080. The van der Waals surface area contributed by atoms with Gasteiger partial charge in [0.25, 0.3) is 0 Å². The average molecular weight is 479 g/mol. The number of aromatic carboxylic acids is 1. The first-order valence-electron chi connectivity index (χ1n) is 9.21. The Kier molecular flexibility index (Phi) is 6.65. The first-order chi connectivity index (χ1) is 14.5. The van der Waals surface area contributed by atoms with Gasteiger partial charge in [-0.25, -0.2) is 4.79 Å². The van der Waals surface area contributed by atoms with E-state index in [-0.39, 0.29) is 36.5 Å².